The van der Waals surface area contributed by atoms with E-state index in [0.717, 1.165) is 19.5 Å². The van der Waals surface area contributed by atoms with Gasteiger partial charge >= 0.3 is 0 Å². The molecule has 0 bridgehead atoms. The summed E-state index contributed by atoms with van der Waals surface area (Å²) >= 11 is 0. The van der Waals surface area contributed by atoms with Gasteiger partial charge in [0.2, 0.25) is 5.91 Å². The van der Waals surface area contributed by atoms with E-state index in [9.17, 15) is 4.79 Å². The van der Waals surface area contributed by atoms with Gasteiger partial charge in [0, 0.05) is 32.7 Å². The second-order valence-electron chi connectivity index (χ2n) is 5.24. The van der Waals surface area contributed by atoms with Gasteiger partial charge in [0.1, 0.15) is 6.04 Å². The third-order valence-corrected chi connectivity index (χ3v) is 3.31. The minimum absolute atomic E-state index is 0.134. The third kappa shape index (κ3) is 2.95. The van der Waals surface area contributed by atoms with Crippen molar-refractivity contribution >= 4 is 5.91 Å². The molecule has 2 atom stereocenters. The van der Waals surface area contributed by atoms with Crippen molar-refractivity contribution in [1.29, 1.82) is 0 Å². The predicted molar refractivity (Wildman–Crippen MR) is 66.1 cm³/mol. The van der Waals surface area contributed by atoms with Crippen LogP contribution in [0.15, 0.2) is 0 Å². The molecule has 1 aliphatic rings. The fourth-order valence-electron chi connectivity index (χ4n) is 2.32. The smallest absolute Gasteiger partial charge is 0.240 e. The zero-order valence-corrected chi connectivity index (χ0v) is 10.9. The number of hydrogen-bond acceptors (Lipinski definition) is 3. The lowest BCUT2D eigenvalue weighted by molar-refractivity contribution is -0.134. The molecule has 2 N–H and O–H groups in total. The van der Waals surface area contributed by atoms with E-state index in [-0.39, 0.29) is 11.9 Å². The van der Waals surface area contributed by atoms with Crippen molar-refractivity contribution in [2.45, 2.75) is 39.3 Å². The van der Waals surface area contributed by atoms with Crippen molar-refractivity contribution in [3.05, 3.63) is 0 Å². The highest BCUT2D eigenvalue weighted by Gasteiger charge is 2.33. The van der Waals surface area contributed by atoms with Gasteiger partial charge in [-0.1, -0.05) is 13.8 Å². The Morgan fingerprint density at radius 1 is 1.50 bits per heavy atom. The highest BCUT2D eigenvalue weighted by Crippen LogP contribution is 2.17. The van der Waals surface area contributed by atoms with Crippen LogP contribution < -0.4 is 5.73 Å². The summed E-state index contributed by atoms with van der Waals surface area (Å²) in [5.74, 6) is 0.736. The molecule has 0 aliphatic carbocycles. The molecule has 0 aromatic heterocycles. The lowest BCUT2D eigenvalue weighted by Crippen LogP contribution is -2.52. The van der Waals surface area contributed by atoms with Gasteiger partial charge in [-0.25, -0.2) is 0 Å². The van der Waals surface area contributed by atoms with Gasteiger partial charge < -0.3 is 10.6 Å². The molecular formula is C12H25N3O. The first-order valence-electron chi connectivity index (χ1n) is 6.18. The lowest BCUT2D eigenvalue weighted by Gasteiger charge is -2.34. The van der Waals surface area contributed by atoms with Crippen LogP contribution in [-0.2, 0) is 4.79 Å². The quantitative estimate of drug-likeness (QED) is 0.765. The Labute approximate surface area is 98.8 Å². The number of hydrogen-bond donors (Lipinski definition) is 1. The number of nitrogens with zero attached hydrogens (tertiary/aromatic N) is 2. The molecule has 1 rings (SSSR count). The van der Waals surface area contributed by atoms with E-state index >= 15 is 0 Å². The normalized spacial score (nSPS) is 28.6. The lowest BCUT2D eigenvalue weighted by atomic mass is 10.1. The first kappa shape index (κ1) is 13.5. The summed E-state index contributed by atoms with van der Waals surface area (Å²) in [6, 6.07) is 0.301. The Morgan fingerprint density at radius 2 is 2.12 bits per heavy atom. The van der Waals surface area contributed by atoms with E-state index in [1.165, 1.54) is 0 Å². The average molecular weight is 227 g/mol. The largest absolute Gasteiger partial charge is 0.344 e. The Hall–Kier alpha value is -0.610. The van der Waals surface area contributed by atoms with Crippen molar-refractivity contribution < 1.29 is 4.79 Å². The highest BCUT2D eigenvalue weighted by atomic mass is 16.2. The molecule has 0 saturated carbocycles. The molecule has 0 radical (unpaired) electrons. The molecule has 1 aliphatic heterocycles. The number of nitrogens with two attached hydrogens (primary N) is 1. The monoisotopic (exact) mass is 227 g/mol. The van der Waals surface area contributed by atoms with Crippen LogP contribution in [0.1, 0.15) is 27.2 Å². The number of carbonyl (C=O) groups excluding carboxylic acids is 1. The molecule has 4 nitrogen and oxygen atoms in total. The summed E-state index contributed by atoms with van der Waals surface area (Å²) in [5, 5.41) is 0. The maximum absolute atomic E-state index is 12.1. The molecule has 4 heteroatoms. The summed E-state index contributed by atoms with van der Waals surface area (Å²) < 4.78 is 0. The predicted octanol–water partition coefficient (Wildman–Crippen LogP) is 0.522. The van der Waals surface area contributed by atoms with Gasteiger partial charge in [-0.05, 0) is 19.3 Å². The molecular weight excluding hydrogens is 202 g/mol. The minimum Gasteiger partial charge on any atom is -0.344 e. The summed E-state index contributed by atoms with van der Waals surface area (Å²) in [6.45, 7) is 8.75. The van der Waals surface area contributed by atoms with Crippen LogP contribution in [0.4, 0.5) is 0 Å². The van der Waals surface area contributed by atoms with Crippen LogP contribution in [0.3, 0.4) is 0 Å². The number of carbonyl (C=O) groups is 1. The summed E-state index contributed by atoms with van der Waals surface area (Å²) in [6.07, 6.45) is 1.03. The topological polar surface area (TPSA) is 49.6 Å². The molecule has 0 aromatic carbocycles. The maximum Gasteiger partial charge on any atom is 0.240 e. The van der Waals surface area contributed by atoms with Gasteiger partial charge in [-0.15, -0.1) is 0 Å². The Balaban J connectivity index is 2.85. The Kier molecular flexibility index (Phi) is 4.74. The number of likely N-dealkylation sites (N-methyl/N-ethyl adjacent to an activating group) is 1. The van der Waals surface area contributed by atoms with Crippen molar-refractivity contribution in [3.63, 3.8) is 0 Å². The fourth-order valence-corrected chi connectivity index (χ4v) is 2.32. The third-order valence-electron chi connectivity index (χ3n) is 3.31. The Morgan fingerprint density at radius 3 is 2.62 bits per heavy atom. The van der Waals surface area contributed by atoms with Crippen LogP contribution >= 0.6 is 0 Å². The zero-order chi connectivity index (χ0) is 12.3. The van der Waals surface area contributed by atoms with E-state index in [4.69, 9.17) is 5.73 Å². The van der Waals surface area contributed by atoms with Crippen LogP contribution in [-0.4, -0.2) is 54.5 Å². The van der Waals surface area contributed by atoms with Crippen LogP contribution in [0.5, 0.6) is 0 Å². The average Bonchev–Trinajstić information content (AvgIpc) is 2.31. The molecule has 1 heterocycles. The van der Waals surface area contributed by atoms with E-state index in [1.54, 1.807) is 0 Å². The molecule has 1 fully saturated rings. The summed E-state index contributed by atoms with van der Waals surface area (Å²) in [5.41, 5.74) is 5.76. The van der Waals surface area contributed by atoms with Crippen LogP contribution in [0.2, 0.25) is 0 Å². The molecule has 94 valence electrons. The molecule has 0 spiro atoms. The van der Waals surface area contributed by atoms with Gasteiger partial charge in [0.25, 0.3) is 0 Å². The van der Waals surface area contributed by atoms with Crippen molar-refractivity contribution in [3.8, 4) is 0 Å². The summed E-state index contributed by atoms with van der Waals surface area (Å²) in [7, 11) is 1.87. The molecule has 2 unspecified atom stereocenters. The Bertz CT molecular complexity index is 242. The van der Waals surface area contributed by atoms with E-state index in [2.05, 4.69) is 25.7 Å². The zero-order valence-electron chi connectivity index (χ0n) is 10.9. The van der Waals surface area contributed by atoms with Gasteiger partial charge in [0.15, 0.2) is 0 Å². The molecule has 1 amide bonds. The van der Waals surface area contributed by atoms with E-state index in [0.29, 0.717) is 18.5 Å². The maximum atomic E-state index is 12.1. The molecule has 0 aromatic rings. The van der Waals surface area contributed by atoms with Crippen LogP contribution in [0, 0.1) is 5.92 Å². The van der Waals surface area contributed by atoms with E-state index in [1.807, 2.05) is 11.9 Å². The van der Waals surface area contributed by atoms with Crippen molar-refractivity contribution in [2.75, 3.05) is 26.7 Å². The number of amides is 1. The van der Waals surface area contributed by atoms with Gasteiger partial charge in [-0.3, -0.25) is 9.69 Å². The van der Waals surface area contributed by atoms with Crippen molar-refractivity contribution in [2.24, 2.45) is 11.7 Å². The summed E-state index contributed by atoms with van der Waals surface area (Å²) in [4.78, 5) is 16.2. The van der Waals surface area contributed by atoms with Gasteiger partial charge in [-0.2, -0.15) is 0 Å². The minimum atomic E-state index is -0.134. The standard InChI is InChI=1S/C12H25N3O/c1-9(2)8-15-10(3)5-6-14(4)12(16)11(15)7-13/h9-11H,5-8,13H2,1-4H3. The second kappa shape index (κ2) is 5.64. The van der Waals surface area contributed by atoms with Crippen LogP contribution in [0.25, 0.3) is 0 Å². The fraction of sp³-hybridized carbons (Fsp3) is 0.917. The second-order valence-corrected chi connectivity index (χ2v) is 5.24. The first-order valence-corrected chi connectivity index (χ1v) is 6.18. The van der Waals surface area contributed by atoms with Crippen molar-refractivity contribution in [1.82, 2.24) is 9.80 Å². The molecule has 1 saturated heterocycles. The SMILES string of the molecule is CC(C)CN1C(C)CCN(C)C(=O)C1CN. The van der Waals surface area contributed by atoms with E-state index < -0.39 is 0 Å². The highest BCUT2D eigenvalue weighted by molar-refractivity contribution is 5.82. The first-order chi connectivity index (χ1) is 7.47. The molecule has 16 heavy (non-hydrogen) atoms. The number of rotatable bonds is 3. The van der Waals surface area contributed by atoms with Gasteiger partial charge in [0.05, 0.1) is 0 Å².